The van der Waals surface area contributed by atoms with Gasteiger partial charge in [0.25, 0.3) is 0 Å². The van der Waals surface area contributed by atoms with Gasteiger partial charge in [-0.25, -0.2) is 0 Å². The van der Waals surface area contributed by atoms with Crippen LogP contribution in [0.4, 0.5) is 0 Å². The molecule has 8 heteroatoms. The molecule has 0 aliphatic rings. The molecule has 0 unspecified atom stereocenters. The Labute approximate surface area is 136 Å². The average Bonchev–Trinajstić information content (AvgIpc) is 2.40. The van der Waals surface area contributed by atoms with Gasteiger partial charge in [-0.15, -0.1) is 0 Å². The van der Waals surface area contributed by atoms with E-state index in [4.69, 9.17) is 22.6 Å². The van der Waals surface area contributed by atoms with E-state index in [2.05, 4.69) is 0 Å². The van der Waals surface area contributed by atoms with Gasteiger partial charge in [-0.2, -0.15) is 0 Å². The Morgan fingerprint density at radius 3 is 0.762 bits per heavy atom. The van der Waals surface area contributed by atoms with Crippen LogP contribution in [0.3, 0.4) is 0 Å². The quantitative estimate of drug-likeness (QED) is 0.396. The topological polar surface area (TPSA) is 55.4 Å². The standard InChI is InChI=1S/C13H32Ge2O6/c1-7-16-14(17-8-2,18-9-3)13-15(19-10-4,20-11-5)21-12-6/h7-13H2,1-6H3. The molecule has 0 saturated heterocycles. The monoisotopic (exact) mass is 432 g/mol. The molecular formula is C13H32Ge2O6. The molecule has 0 aromatic carbocycles. The summed E-state index contributed by atoms with van der Waals surface area (Å²) in [6, 6.07) is 0. The van der Waals surface area contributed by atoms with Gasteiger partial charge in [0.2, 0.25) is 0 Å². The number of hydrogen-bond donors (Lipinski definition) is 0. The second kappa shape index (κ2) is 12.3. The predicted octanol–water partition coefficient (Wildman–Crippen LogP) is 2.62. The summed E-state index contributed by atoms with van der Waals surface area (Å²) in [5, 5.41) is 0. The van der Waals surface area contributed by atoms with Gasteiger partial charge in [0.1, 0.15) is 0 Å². The van der Waals surface area contributed by atoms with E-state index in [9.17, 15) is 0 Å². The van der Waals surface area contributed by atoms with E-state index in [1.54, 1.807) is 0 Å². The molecule has 0 aromatic heterocycles. The normalized spacial score (nSPS) is 12.9. The molecule has 128 valence electrons. The maximum absolute atomic E-state index is 5.95. The van der Waals surface area contributed by atoms with Crippen molar-refractivity contribution >= 4 is 28.6 Å². The summed E-state index contributed by atoms with van der Waals surface area (Å²) in [6.45, 7) is 15.1. The molecule has 0 atom stereocenters. The Balaban J connectivity index is 5.30. The third-order valence-electron chi connectivity index (χ3n) is 2.62. The fourth-order valence-electron chi connectivity index (χ4n) is 2.14. The maximum atomic E-state index is 5.95. The zero-order valence-electron chi connectivity index (χ0n) is 14.4. The zero-order valence-corrected chi connectivity index (χ0v) is 18.6. The minimum absolute atomic E-state index is 0.547. The van der Waals surface area contributed by atoms with Gasteiger partial charge in [0, 0.05) is 0 Å². The van der Waals surface area contributed by atoms with Crippen LogP contribution >= 0.6 is 0 Å². The van der Waals surface area contributed by atoms with Gasteiger partial charge in [-0.3, -0.25) is 0 Å². The van der Waals surface area contributed by atoms with E-state index in [1.165, 1.54) is 0 Å². The Morgan fingerprint density at radius 2 is 0.619 bits per heavy atom. The molecule has 6 nitrogen and oxygen atoms in total. The zero-order chi connectivity index (χ0) is 16.2. The van der Waals surface area contributed by atoms with E-state index in [0.717, 1.165) is 0 Å². The molecule has 0 N–H and O–H groups in total. The molecule has 0 aromatic rings. The van der Waals surface area contributed by atoms with Gasteiger partial charge < -0.3 is 0 Å². The van der Waals surface area contributed by atoms with Gasteiger partial charge in [0.15, 0.2) is 0 Å². The third kappa shape index (κ3) is 7.78. The molecule has 0 radical (unpaired) electrons. The molecule has 0 heterocycles. The third-order valence-corrected chi connectivity index (χ3v) is 23.0. The first kappa shape index (κ1) is 21.8. The van der Waals surface area contributed by atoms with Crippen LogP contribution in [-0.4, -0.2) is 68.2 Å². The molecule has 0 rings (SSSR count). The van der Waals surface area contributed by atoms with Crippen LogP contribution in [0, 0.1) is 0 Å². The average molecular weight is 430 g/mol. The van der Waals surface area contributed by atoms with Crippen LogP contribution in [0.15, 0.2) is 0 Å². The molecule has 0 spiro atoms. The van der Waals surface area contributed by atoms with E-state index in [0.29, 0.717) is 43.7 Å². The first-order valence-electron chi connectivity index (χ1n) is 7.91. The Kier molecular flexibility index (Phi) is 12.8. The number of rotatable bonds is 14. The van der Waals surface area contributed by atoms with Gasteiger partial charge in [-0.1, -0.05) is 0 Å². The van der Waals surface area contributed by atoms with Crippen molar-refractivity contribution in [1.29, 1.82) is 0 Å². The van der Waals surface area contributed by atoms with Crippen molar-refractivity contribution in [2.45, 2.75) is 45.6 Å². The molecule has 21 heavy (non-hydrogen) atoms. The molecule has 0 aliphatic heterocycles. The SMILES string of the molecule is CC[O][Ge]([CH2][Ge]([O]CC)([O]CC)[O]CC)([O]CC)[O]CC. The summed E-state index contributed by atoms with van der Waals surface area (Å²) >= 11 is -6.84. The van der Waals surface area contributed by atoms with E-state index >= 15 is 0 Å². The van der Waals surface area contributed by atoms with Crippen molar-refractivity contribution in [3.05, 3.63) is 0 Å². The first-order chi connectivity index (χ1) is 10.1. The summed E-state index contributed by atoms with van der Waals surface area (Å²) in [4.78, 5) is 0. The van der Waals surface area contributed by atoms with Crippen LogP contribution in [0.25, 0.3) is 0 Å². The Morgan fingerprint density at radius 1 is 0.429 bits per heavy atom. The van der Waals surface area contributed by atoms with Crippen molar-refractivity contribution in [3.63, 3.8) is 0 Å². The second-order valence-corrected chi connectivity index (χ2v) is 18.1. The summed E-state index contributed by atoms with van der Waals surface area (Å²) in [6.07, 6.45) is 0. The molecule has 0 bridgehead atoms. The van der Waals surface area contributed by atoms with Crippen LogP contribution < -0.4 is 0 Å². The van der Waals surface area contributed by atoms with Gasteiger partial charge in [0.05, 0.1) is 0 Å². The van der Waals surface area contributed by atoms with Crippen molar-refractivity contribution in [2.24, 2.45) is 0 Å². The minimum atomic E-state index is -3.42. The first-order valence-corrected chi connectivity index (χ1v) is 16.0. The summed E-state index contributed by atoms with van der Waals surface area (Å²) in [7, 11) is 0. The summed E-state index contributed by atoms with van der Waals surface area (Å²) in [5.41, 5.74) is 0. The summed E-state index contributed by atoms with van der Waals surface area (Å²) < 4.78 is 36.3. The van der Waals surface area contributed by atoms with Crippen molar-refractivity contribution in [2.75, 3.05) is 39.6 Å². The Bertz CT molecular complexity index is 197. The molecule has 0 fully saturated rings. The molecule has 0 aliphatic carbocycles. The summed E-state index contributed by atoms with van der Waals surface area (Å²) in [5.74, 6) is 0. The molecule has 0 saturated carbocycles. The number of hydrogen-bond acceptors (Lipinski definition) is 6. The fourth-order valence-corrected chi connectivity index (χ4v) is 23.6. The van der Waals surface area contributed by atoms with Crippen molar-refractivity contribution in [1.82, 2.24) is 0 Å². The fraction of sp³-hybridized carbons (Fsp3) is 1.00. The van der Waals surface area contributed by atoms with Gasteiger partial charge in [-0.05, 0) is 0 Å². The van der Waals surface area contributed by atoms with E-state index in [-0.39, 0.29) is 0 Å². The van der Waals surface area contributed by atoms with Crippen LogP contribution in [-0.2, 0) is 22.6 Å². The van der Waals surface area contributed by atoms with E-state index in [1.807, 2.05) is 41.5 Å². The van der Waals surface area contributed by atoms with Crippen molar-refractivity contribution in [3.8, 4) is 0 Å². The molecular weight excluding hydrogens is 397 g/mol. The van der Waals surface area contributed by atoms with Gasteiger partial charge >= 0.3 is 136 Å². The Hall–Kier alpha value is 0.846. The van der Waals surface area contributed by atoms with Crippen molar-refractivity contribution < 1.29 is 22.6 Å². The van der Waals surface area contributed by atoms with Crippen LogP contribution in [0.2, 0.25) is 4.09 Å². The second-order valence-electron chi connectivity index (χ2n) is 4.14. The van der Waals surface area contributed by atoms with Crippen LogP contribution in [0.5, 0.6) is 0 Å². The van der Waals surface area contributed by atoms with E-state index < -0.39 is 28.6 Å². The van der Waals surface area contributed by atoms with Crippen LogP contribution in [0.1, 0.15) is 41.5 Å². The predicted molar refractivity (Wildman–Crippen MR) is 86.1 cm³/mol. The molecule has 0 amide bonds.